The second-order valence-corrected chi connectivity index (χ2v) is 4.97. The highest BCUT2D eigenvalue weighted by molar-refractivity contribution is 5.95. The van der Waals surface area contributed by atoms with Crippen molar-refractivity contribution in [2.75, 3.05) is 12.3 Å². The van der Waals surface area contributed by atoms with Crippen LogP contribution in [-0.2, 0) is 10.9 Å². The lowest BCUT2D eigenvalue weighted by Gasteiger charge is -2.11. The fourth-order valence-corrected chi connectivity index (χ4v) is 1.64. The summed E-state index contributed by atoms with van der Waals surface area (Å²) in [4.78, 5) is 11.7. The zero-order valence-corrected chi connectivity index (χ0v) is 11.5. The number of nitrogens with two attached hydrogens (primary N) is 1. The summed E-state index contributed by atoms with van der Waals surface area (Å²) in [5.74, 6) is -0.343. The van der Waals surface area contributed by atoms with E-state index >= 15 is 0 Å². The second kappa shape index (κ2) is 6.63. The third-order valence-electron chi connectivity index (χ3n) is 2.76. The maximum Gasteiger partial charge on any atom is 0.416 e. The van der Waals surface area contributed by atoms with E-state index < -0.39 is 17.7 Å². The smallest absolute Gasteiger partial charge is 0.416 e. The third kappa shape index (κ3) is 4.75. The average molecular weight is 289 g/mol. The summed E-state index contributed by atoms with van der Waals surface area (Å²) in [5.41, 5.74) is 4.33. The Morgan fingerprint density at radius 2 is 2.00 bits per heavy atom. The van der Waals surface area contributed by atoms with Gasteiger partial charge in [0.25, 0.3) is 0 Å². The van der Waals surface area contributed by atoms with Crippen molar-refractivity contribution in [1.82, 2.24) is 0 Å². The van der Waals surface area contributed by atoms with Crippen LogP contribution in [0.4, 0.5) is 18.9 Å². The number of nitrogen functional groups attached to an aromatic ring is 1. The van der Waals surface area contributed by atoms with Gasteiger partial charge in [-0.2, -0.15) is 13.2 Å². The lowest BCUT2D eigenvalue weighted by molar-refractivity contribution is -0.137. The van der Waals surface area contributed by atoms with Crippen LogP contribution in [0.1, 0.15) is 42.6 Å². The Morgan fingerprint density at radius 3 is 2.55 bits per heavy atom. The number of hydrogen-bond donors (Lipinski definition) is 1. The molecule has 0 aliphatic rings. The summed E-state index contributed by atoms with van der Waals surface area (Å²) >= 11 is 0. The molecule has 6 heteroatoms. The van der Waals surface area contributed by atoms with Crippen LogP contribution in [0.5, 0.6) is 0 Å². The van der Waals surface area contributed by atoms with Crippen molar-refractivity contribution in [2.24, 2.45) is 5.92 Å². The molecule has 20 heavy (non-hydrogen) atoms. The first-order valence-corrected chi connectivity index (χ1v) is 6.35. The first-order valence-electron chi connectivity index (χ1n) is 6.35. The van der Waals surface area contributed by atoms with E-state index in [0.717, 1.165) is 24.6 Å². The van der Waals surface area contributed by atoms with E-state index in [1.54, 1.807) is 0 Å². The standard InChI is InChI=1S/C14H18F3NO2/c1-9(2)4-3-7-20-13(19)11-8-10(14(15,16)17)5-6-12(11)18/h5-6,8-9H,3-4,7,18H2,1-2H3. The number of halogens is 3. The van der Waals surface area contributed by atoms with Gasteiger partial charge in [0.1, 0.15) is 0 Å². The molecule has 1 aromatic carbocycles. The Labute approximate surface area is 115 Å². The minimum absolute atomic E-state index is 0.0214. The van der Waals surface area contributed by atoms with Crippen molar-refractivity contribution < 1.29 is 22.7 Å². The Bertz CT molecular complexity index is 470. The fraction of sp³-hybridized carbons (Fsp3) is 0.500. The van der Waals surface area contributed by atoms with Gasteiger partial charge in [-0.3, -0.25) is 0 Å². The van der Waals surface area contributed by atoms with Gasteiger partial charge < -0.3 is 10.5 Å². The number of esters is 1. The number of rotatable bonds is 5. The Hall–Kier alpha value is -1.72. The molecule has 0 aliphatic carbocycles. The zero-order chi connectivity index (χ0) is 15.3. The molecule has 0 saturated carbocycles. The second-order valence-electron chi connectivity index (χ2n) is 4.97. The van der Waals surface area contributed by atoms with Crippen molar-refractivity contribution >= 4 is 11.7 Å². The van der Waals surface area contributed by atoms with Crippen molar-refractivity contribution in [1.29, 1.82) is 0 Å². The van der Waals surface area contributed by atoms with Crippen molar-refractivity contribution in [2.45, 2.75) is 32.9 Å². The molecule has 112 valence electrons. The third-order valence-corrected chi connectivity index (χ3v) is 2.76. The number of hydrogen-bond acceptors (Lipinski definition) is 3. The highest BCUT2D eigenvalue weighted by atomic mass is 19.4. The van der Waals surface area contributed by atoms with E-state index in [0.29, 0.717) is 12.3 Å². The SMILES string of the molecule is CC(C)CCCOC(=O)c1cc(C(F)(F)F)ccc1N. The molecule has 0 radical (unpaired) electrons. The molecule has 0 fully saturated rings. The minimum Gasteiger partial charge on any atom is -0.462 e. The fourth-order valence-electron chi connectivity index (χ4n) is 1.64. The minimum atomic E-state index is -4.51. The summed E-state index contributed by atoms with van der Waals surface area (Å²) in [5, 5.41) is 0. The van der Waals surface area contributed by atoms with E-state index in [1.807, 2.05) is 13.8 Å². The molecule has 1 rings (SSSR count). The maximum absolute atomic E-state index is 12.6. The molecule has 0 aliphatic heterocycles. The van der Waals surface area contributed by atoms with Crippen LogP contribution in [0, 0.1) is 5.92 Å². The van der Waals surface area contributed by atoms with Gasteiger partial charge in [-0.05, 0) is 37.0 Å². The van der Waals surface area contributed by atoms with Crippen LogP contribution in [0.2, 0.25) is 0 Å². The number of anilines is 1. The molecular weight excluding hydrogens is 271 g/mol. The highest BCUT2D eigenvalue weighted by Crippen LogP contribution is 2.31. The normalized spacial score (nSPS) is 11.7. The van der Waals surface area contributed by atoms with Crippen LogP contribution < -0.4 is 5.73 Å². The van der Waals surface area contributed by atoms with Gasteiger partial charge >= 0.3 is 12.1 Å². The summed E-state index contributed by atoms with van der Waals surface area (Å²) in [6.07, 6.45) is -2.96. The topological polar surface area (TPSA) is 52.3 Å². The van der Waals surface area contributed by atoms with Crippen LogP contribution in [0.3, 0.4) is 0 Å². The van der Waals surface area contributed by atoms with Gasteiger partial charge in [0.15, 0.2) is 0 Å². The summed E-state index contributed by atoms with van der Waals surface area (Å²) < 4.78 is 42.6. The summed E-state index contributed by atoms with van der Waals surface area (Å²) in [7, 11) is 0. The molecule has 3 nitrogen and oxygen atoms in total. The van der Waals surface area contributed by atoms with Crippen LogP contribution in [-0.4, -0.2) is 12.6 Å². The quantitative estimate of drug-likeness (QED) is 0.508. The van der Waals surface area contributed by atoms with Gasteiger partial charge in [-0.25, -0.2) is 4.79 Å². The van der Waals surface area contributed by atoms with E-state index in [2.05, 4.69) is 0 Å². The lowest BCUT2D eigenvalue weighted by atomic mass is 10.1. The monoisotopic (exact) mass is 289 g/mol. The first-order chi connectivity index (χ1) is 9.21. The molecular formula is C14H18F3NO2. The number of carbonyl (C=O) groups is 1. The van der Waals surface area contributed by atoms with Crippen LogP contribution in [0.15, 0.2) is 18.2 Å². The molecule has 0 saturated heterocycles. The van der Waals surface area contributed by atoms with Crippen molar-refractivity contribution in [3.63, 3.8) is 0 Å². The molecule has 0 bridgehead atoms. The van der Waals surface area contributed by atoms with Crippen LogP contribution in [0.25, 0.3) is 0 Å². The zero-order valence-electron chi connectivity index (χ0n) is 11.5. The molecule has 0 heterocycles. The number of carbonyl (C=O) groups excluding carboxylic acids is 1. The number of benzene rings is 1. The molecule has 0 atom stereocenters. The molecule has 0 amide bonds. The molecule has 0 spiro atoms. The molecule has 2 N–H and O–H groups in total. The predicted octanol–water partition coefficient (Wildman–Crippen LogP) is 3.88. The van der Waals surface area contributed by atoms with Gasteiger partial charge in [0.2, 0.25) is 0 Å². The largest absolute Gasteiger partial charge is 0.462 e. The molecule has 0 unspecified atom stereocenters. The summed E-state index contributed by atoms with van der Waals surface area (Å²) in [6.45, 7) is 4.24. The predicted molar refractivity (Wildman–Crippen MR) is 70.2 cm³/mol. The van der Waals surface area contributed by atoms with Crippen molar-refractivity contribution in [3.8, 4) is 0 Å². The van der Waals surface area contributed by atoms with E-state index in [1.165, 1.54) is 0 Å². The molecule has 0 aromatic heterocycles. The Balaban J connectivity index is 2.72. The molecule has 1 aromatic rings. The van der Waals surface area contributed by atoms with E-state index in [9.17, 15) is 18.0 Å². The first kappa shape index (κ1) is 16.3. The summed E-state index contributed by atoms with van der Waals surface area (Å²) in [6, 6.07) is 2.62. The Morgan fingerprint density at radius 1 is 1.35 bits per heavy atom. The van der Waals surface area contributed by atoms with Gasteiger partial charge in [-0.15, -0.1) is 0 Å². The number of ether oxygens (including phenoxy) is 1. The van der Waals surface area contributed by atoms with Gasteiger partial charge in [-0.1, -0.05) is 13.8 Å². The Kier molecular flexibility index (Phi) is 5.42. The highest BCUT2D eigenvalue weighted by Gasteiger charge is 2.31. The van der Waals surface area contributed by atoms with Gasteiger partial charge in [0.05, 0.1) is 17.7 Å². The lowest BCUT2D eigenvalue weighted by Crippen LogP contribution is -2.13. The van der Waals surface area contributed by atoms with Gasteiger partial charge in [0, 0.05) is 5.69 Å². The van der Waals surface area contributed by atoms with Crippen molar-refractivity contribution in [3.05, 3.63) is 29.3 Å². The average Bonchev–Trinajstić information content (AvgIpc) is 2.33. The van der Waals surface area contributed by atoms with E-state index in [-0.39, 0.29) is 17.9 Å². The van der Waals surface area contributed by atoms with Crippen LogP contribution >= 0.6 is 0 Å². The number of alkyl halides is 3. The van der Waals surface area contributed by atoms with E-state index in [4.69, 9.17) is 10.5 Å². The maximum atomic E-state index is 12.6.